The minimum Gasteiger partial charge on any atom is -0.457 e. The fraction of sp³-hybridized carbons (Fsp3) is 0.483. The van der Waals surface area contributed by atoms with Crippen LogP contribution in [0.3, 0.4) is 0 Å². The molecule has 3 rings (SSSR count). The van der Waals surface area contributed by atoms with Gasteiger partial charge < -0.3 is 10.5 Å². The van der Waals surface area contributed by atoms with Gasteiger partial charge in [0.15, 0.2) is 0 Å². The Morgan fingerprint density at radius 3 is 2.31 bits per heavy atom. The molecule has 0 radical (unpaired) electrons. The molecule has 0 aliphatic heterocycles. The second kappa shape index (κ2) is 12.0. The second-order valence-electron chi connectivity index (χ2n) is 9.38. The molecule has 0 unspecified atom stereocenters. The lowest BCUT2D eigenvalue weighted by molar-refractivity contribution is -0.140. The summed E-state index contributed by atoms with van der Waals surface area (Å²) in [7, 11) is 0. The first-order valence-corrected chi connectivity index (χ1v) is 12.3. The Hall–Kier alpha value is -2.39. The number of esters is 1. The molecule has 3 nitrogen and oxygen atoms in total. The van der Waals surface area contributed by atoms with E-state index in [9.17, 15) is 4.79 Å². The van der Waals surface area contributed by atoms with Gasteiger partial charge in [-0.25, -0.2) is 4.79 Å². The van der Waals surface area contributed by atoms with Crippen molar-refractivity contribution in [1.29, 1.82) is 0 Å². The Balaban J connectivity index is 1.64. The summed E-state index contributed by atoms with van der Waals surface area (Å²) in [4.78, 5) is 11.8. The Bertz CT molecular complexity index is 892. The van der Waals surface area contributed by atoms with Crippen molar-refractivity contribution in [3.63, 3.8) is 0 Å². The first-order chi connectivity index (χ1) is 15.5. The van der Waals surface area contributed by atoms with E-state index in [-0.39, 0.29) is 12.6 Å². The molecule has 0 heterocycles. The van der Waals surface area contributed by atoms with Crippen molar-refractivity contribution in [3.8, 4) is 11.1 Å². The van der Waals surface area contributed by atoms with Crippen LogP contribution in [-0.2, 0) is 22.7 Å². The third kappa shape index (κ3) is 6.56. The molecule has 2 N–H and O–H groups in total. The van der Waals surface area contributed by atoms with Gasteiger partial charge >= 0.3 is 5.97 Å². The zero-order valence-electron chi connectivity index (χ0n) is 19.9. The van der Waals surface area contributed by atoms with Gasteiger partial charge in [-0.15, -0.1) is 0 Å². The van der Waals surface area contributed by atoms with Gasteiger partial charge in [-0.2, -0.15) is 0 Å². The highest BCUT2D eigenvalue weighted by molar-refractivity contribution is 5.86. The van der Waals surface area contributed by atoms with Crippen LogP contribution in [0.25, 0.3) is 11.1 Å². The van der Waals surface area contributed by atoms with E-state index >= 15 is 0 Å². The van der Waals surface area contributed by atoms with Crippen LogP contribution in [0.15, 0.2) is 54.6 Å². The van der Waals surface area contributed by atoms with Crippen molar-refractivity contribution in [3.05, 3.63) is 71.3 Å². The first-order valence-electron chi connectivity index (χ1n) is 12.3. The number of rotatable bonds is 10. The van der Waals surface area contributed by atoms with Crippen LogP contribution >= 0.6 is 0 Å². The fourth-order valence-electron chi connectivity index (χ4n) is 4.82. The average molecular weight is 434 g/mol. The first kappa shape index (κ1) is 24.3. The summed E-state index contributed by atoms with van der Waals surface area (Å²) in [5, 5.41) is 0. The Labute approximate surface area is 194 Å². The van der Waals surface area contributed by atoms with Crippen molar-refractivity contribution in [2.75, 3.05) is 0 Å². The lowest BCUT2D eigenvalue weighted by Crippen LogP contribution is -2.13. The lowest BCUT2D eigenvalue weighted by Gasteiger charge is -2.29. The minimum atomic E-state index is -0.372. The van der Waals surface area contributed by atoms with Crippen LogP contribution < -0.4 is 5.73 Å². The van der Waals surface area contributed by atoms with Gasteiger partial charge in [0, 0.05) is 12.1 Å². The summed E-state index contributed by atoms with van der Waals surface area (Å²) in [6.07, 6.45) is 10.9. The maximum Gasteiger partial charge on any atom is 0.333 e. The maximum absolute atomic E-state index is 11.8. The monoisotopic (exact) mass is 433 g/mol. The summed E-state index contributed by atoms with van der Waals surface area (Å²) in [6, 6.07) is 15.3. The summed E-state index contributed by atoms with van der Waals surface area (Å²) in [5.41, 5.74) is 12.0. The third-order valence-corrected chi connectivity index (χ3v) is 6.91. The molecule has 0 saturated heterocycles. The topological polar surface area (TPSA) is 52.3 Å². The Kier molecular flexibility index (Phi) is 9.11. The number of ether oxygens (including phenoxy) is 1. The molecule has 3 heteroatoms. The molecule has 0 amide bonds. The molecule has 0 bridgehead atoms. The van der Waals surface area contributed by atoms with Crippen molar-refractivity contribution in [2.24, 2.45) is 11.7 Å². The molecular formula is C29H39NO2. The molecule has 2 aromatic carbocycles. The van der Waals surface area contributed by atoms with E-state index in [4.69, 9.17) is 10.5 Å². The van der Waals surface area contributed by atoms with Crippen molar-refractivity contribution in [1.82, 2.24) is 0 Å². The van der Waals surface area contributed by atoms with Crippen LogP contribution in [0.4, 0.5) is 0 Å². The Morgan fingerprint density at radius 2 is 1.69 bits per heavy atom. The van der Waals surface area contributed by atoms with Crippen molar-refractivity contribution >= 4 is 5.97 Å². The fourth-order valence-corrected chi connectivity index (χ4v) is 4.82. The molecule has 1 aliphatic rings. The standard InChI is InChI=1S/C29H39NO2/c1-4-5-6-7-22-8-10-23(11-9-22)24-12-14-25(15-13-24)26-16-17-27(19-30)28(18-26)20-32-29(31)21(2)3/h12-18,22-23H,2,4-11,19-20,30H2,1,3H3. The molecule has 1 saturated carbocycles. The third-order valence-electron chi connectivity index (χ3n) is 6.91. The van der Waals surface area contributed by atoms with Crippen LogP contribution in [0.2, 0.25) is 0 Å². The molecular weight excluding hydrogens is 394 g/mol. The largest absolute Gasteiger partial charge is 0.457 e. The highest BCUT2D eigenvalue weighted by Gasteiger charge is 2.22. The van der Waals surface area contributed by atoms with Gasteiger partial charge in [-0.3, -0.25) is 0 Å². The zero-order chi connectivity index (χ0) is 22.9. The summed E-state index contributed by atoms with van der Waals surface area (Å²) >= 11 is 0. The SMILES string of the molecule is C=C(C)C(=O)OCc1cc(-c2ccc(C3CCC(CCCCC)CC3)cc2)ccc1CN. The summed E-state index contributed by atoms with van der Waals surface area (Å²) < 4.78 is 5.37. The van der Waals surface area contributed by atoms with Crippen LogP contribution in [0.5, 0.6) is 0 Å². The van der Waals surface area contributed by atoms with E-state index in [2.05, 4.69) is 49.9 Å². The molecule has 1 aliphatic carbocycles. The number of hydrogen-bond donors (Lipinski definition) is 1. The van der Waals surface area contributed by atoms with E-state index in [0.717, 1.165) is 22.6 Å². The van der Waals surface area contributed by atoms with Gasteiger partial charge in [0.2, 0.25) is 0 Å². The quantitative estimate of drug-likeness (QED) is 0.243. The number of carbonyl (C=O) groups is 1. The molecule has 32 heavy (non-hydrogen) atoms. The normalized spacial score (nSPS) is 18.3. The molecule has 172 valence electrons. The van der Waals surface area contributed by atoms with E-state index in [0.29, 0.717) is 18.0 Å². The van der Waals surface area contributed by atoms with Gasteiger partial charge in [-0.1, -0.05) is 75.6 Å². The van der Waals surface area contributed by atoms with Crippen LogP contribution in [0.1, 0.15) is 87.8 Å². The van der Waals surface area contributed by atoms with Gasteiger partial charge in [0.05, 0.1) is 0 Å². The Morgan fingerprint density at radius 1 is 1.00 bits per heavy atom. The smallest absolute Gasteiger partial charge is 0.333 e. The molecule has 1 fully saturated rings. The van der Waals surface area contributed by atoms with Crippen molar-refractivity contribution < 1.29 is 9.53 Å². The highest BCUT2D eigenvalue weighted by atomic mass is 16.5. The maximum atomic E-state index is 11.8. The predicted molar refractivity (Wildman–Crippen MR) is 133 cm³/mol. The number of carbonyl (C=O) groups excluding carboxylic acids is 1. The lowest BCUT2D eigenvalue weighted by atomic mass is 9.77. The van der Waals surface area contributed by atoms with Crippen molar-refractivity contribution in [2.45, 2.75) is 84.3 Å². The van der Waals surface area contributed by atoms with E-state index < -0.39 is 0 Å². The number of hydrogen-bond acceptors (Lipinski definition) is 3. The molecule has 0 atom stereocenters. The number of nitrogens with two attached hydrogens (primary N) is 1. The van der Waals surface area contributed by atoms with Crippen LogP contribution in [-0.4, -0.2) is 5.97 Å². The number of unbranched alkanes of at least 4 members (excludes halogenated alkanes) is 2. The van der Waals surface area contributed by atoms with Gasteiger partial charge in [0.1, 0.15) is 6.61 Å². The second-order valence-corrected chi connectivity index (χ2v) is 9.38. The van der Waals surface area contributed by atoms with E-state index in [1.165, 1.54) is 62.5 Å². The number of benzene rings is 2. The molecule has 2 aromatic rings. The predicted octanol–water partition coefficient (Wildman–Crippen LogP) is 7.29. The molecule has 0 aromatic heterocycles. The van der Waals surface area contributed by atoms with Gasteiger partial charge in [-0.05, 0) is 78.3 Å². The van der Waals surface area contributed by atoms with Gasteiger partial charge in [0.25, 0.3) is 0 Å². The average Bonchev–Trinajstić information content (AvgIpc) is 2.83. The highest BCUT2D eigenvalue weighted by Crippen LogP contribution is 2.38. The summed E-state index contributed by atoms with van der Waals surface area (Å²) in [5.74, 6) is 1.27. The van der Waals surface area contributed by atoms with E-state index in [1.807, 2.05) is 6.07 Å². The van der Waals surface area contributed by atoms with E-state index in [1.54, 1.807) is 6.92 Å². The van der Waals surface area contributed by atoms with Crippen LogP contribution in [0, 0.1) is 5.92 Å². The molecule has 0 spiro atoms. The zero-order valence-corrected chi connectivity index (χ0v) is 19.9. The summed E-state index contributed by atoms with van der Waals surface area (Å²) in [6.45, 7) is 8.21. The minimum absolute atomic E-state index is 0.214.